The highest BCUT2D eigenvalue weighted by Crippen LogP contribution is 2.04. The number of aromatic amines is 1. The average Bonchev–Trinajstić information content (AvgIpc) is 2.51. The molecule has 0 unspecified atom stereocenters. The molecule has 0 bridgehead atoms. The van der Waals surface area contributed by atoms with E-state index in [1.165, 1.54) is 0 Å². The van der Waals surface area contributed by atoms with Crippen molar-refractivity contribution in [3.8, 4) is 0 Å². The molecule has 74 valence electrons. The van der Waals surface area contributed by atoms with Crippen molar-refractivity contribution in [3.63, 3.8) is 0 Å². The Bertz CT molecular complexity index is 499. The van der Waals surface area contributed by atoms with Crippen molar-refractivity contribution in [2.75, 3.05) is 0 Å². The van der Waals surface area contributed by atoms with E-state index in [-0.39, 0.29) is 5.56 Å². The standard InChI is InChI=1S/C8H10N4O2/c1-4(2)3-5-8(13)10-7-6(9-5)11-14-12-7/h4H,3H2,1-2H3,(H,10,12,13). The quantitative estimate of drug-likeness (QED) is 0.752. The first-order valence-electron chi connectivity index (χ1n) is 4.38. The Balaban J connectivity index is 2.54. The third-order valence-electron chi connectivity index (χ3n) is 1.81. The highest BCUT2D eigenvalue weighted by Gasteiger charge is 2.09. The smallest absolute Gasteiger partial charge is 0.271 e. The zero-order valence-electron chi connectivity index (χ0n) is 7.94. The molecule has 0 aliphatic carbocycles. The van der Waals surface area contributed by atoms with E-state index in [1.807, 2.05) is 13.8 Å². The molecule has 6 heteroatoms. The topological polar surface area (TPSA) is 84.7 Å². The minimum atomic E-state index is -0.220. The number of hydrogen-bond donors (Lipinski definition) is 1. The van der Waals surface area contributed by atoms with Crippen molar-refractivity contribution in [2.45, 2.75) is 20.3 Å². The van der Waals surface area contributed by atoms with Crippen LogP contribution >= 0.6 is 0 Å². The van der Waals surface area contributed by atoms with E-state index in [0.29, 0.717) is 29.3 Å². The van der Waals surface area contributed by atoms with Crippen LogP contribution in [0.3, 0.4) is 0 Å². The van der Waals surface area contributed by atoms with Crippen molar-refractivity contribution in [2.24, 2.45) is 5.92 Å². The van der Waals surface area contributed by atoms with Gasteiger partial charge in [0.25, 0.3) is 5.56 Å². The number of fused-ring (bicyclic) bond motifs is 1. The number of aromatic nitrogens is 4. The van der Waals surface area contributed by atoms with Crippen molar-refractivity contribution < 1.29 is 4.63 Å². The molecule has 14 heavy (non-hydrogen) atoms. The number of hydrogen-bond acceptors (Lipinski definition) is 5. The zero-order valence-corrected chi connectivity index (χ0v) is 7.94. The predicted octanol–water partition coefficient (Wildman–Crippen LogP) is 0.505. The van der Waals surface area contributed by atoms with Crippen LogP contribution in [0.1, 0.15) is 19.5 Å². The van der Waals surface area contributed by atoms with Gasteiger partial charge in [0.2, 0.25) is 11.3 Å². The Morgan fingerprint density at radius 3 is 2.93 bits per heavy atom. The number of nitrogens with one attached hydrogen (secondary N) is 1. The van der Waals surface area contributed by atoms with Gasteiger partial charge in [0.1, 0.15) is 5.69 Å². The van der Waals surface area contributed by atoms with E-state index in [4.69, 9.17) is 0 Å². The van der Waals surface area contributed by atoms with E-state index in [2.05, 4.69) is 24.9 Å². The molecule has 2 aromatic rings. The summed E-state index contributed by atoms with van der Waals surface area (Å²) in [5.74, 6) is 0.376. The maximum atomic E-state index is 11.4. The summed E-state index contributed by atoms with van der Waals surface area (Å²) >= 11 is 0. The Morgan fingerprint density at radius 1 is 1.43 bits per heavy atom. The molecule has 0 atom stereocenters. The summed E-state index contributed by atoms with van der Waals surface area (Å²) < 4.78 is 4.45. The van der Waals surface area contributed by atoms with Gasteiger partial charge in [-0.15, -0.1) is 0 Å². The van der Waals surface area contributed by atoms with Gasteiger partial charge in [0.05, 0.1) is 0 Å². The normalized spacial score (nSPS) is 11.4. The summed E-state index contributed by atoms with van der Waals surface area (Å²) in [4.78, 5) is 18.1. The monoisotopic (exact) mass is 194 g/mol. The van der Waals surface area contributed by atoms with E-state index < -0.39 is 0 Å². The first-order chi connectivity index (χ1) is 6.66. The van der Waals surface area contributed by atoms with Gasteiger partial charge in [0, 0.05) is 0 Å². The second kappa shape index (κ2) is 3.21. The molecule has 0 spiro atoms. The molecule has 0 saturated heterocycles. The Morgan fingerprint density at radius 2 is 2.21 bits per heavy atom. The van der Waals surface area contributed by atoms with Gasteiger partial charge < -0.3 is 0 Å². The Labute approximate surface area is 79.3 Å². The van der Waals surface area contributed by atoms with Crippen LogP contribution in [0, 0.1) is 5.92 Å². The molecule has 0 radical (unpaired) electrons. The van der Waals surface area contributed by atoms with Crippen LogP contribution < -0.4 is 5.56 Å². The van der Waals surface area contributed by atoms with Gasteiger partial charge in [-0.05, 0) is 22.7 Å². The lowest BCUT2D eigenvalue weighted by molar-refractivity contribution is 0.314. The van der Waals surface area contributed by atoms with Gasteiger partial charge in [-0.3, -0.25) is 9.78 Å². The van der Waals surface area contributed by atoms with E-state index in [0.717, 1.165) is 0 Å². The van der Waals surface area contributed by atoms with Crippen LogP contribution in [-0.2, 0) is 6.42 Å². The summed E-state index contributed by atoms with van der Waals surface area (Å²) in [6.45, 7) is 4.04. The molecule has 6 nitrogen and oxygen atoms in total. The minimum absolute atomic E-state index is 0.220. The number of nitrogens with zero attached hydrogens (tertiary/aromatic N) is 3. The summed E-state index contributed by atoms with van der Waals surface area (Å²) in [5, 5.41) is 7.06. The fourth-order valence-corrected chi connectivity index (χ4v) is 1.22. The molecule has 0 aromatic carbocycles. The molecule has 2 aromatic heterocycles. The first-order valence-corrected chi connectivity index (χ1v) is 4.38. The summed E-state index contributed by atoms with van der Waals surface area (Å²) in [5.41, 5.74) is 0.896. The predicted molar refractivity (Wildman–Crippen MR) is 48.8 cm³/mol. The maximum absolute atomic E-state index is 11.4. The van der Waals surface area contributed by atoms with Crippen molar-refractivity contribution in [3.05, 3.63) is 16.0 Å². The SMILES string of the molecule is CC(C)Cc1nc2nonc2[nH]c1=O. The van der Waals surface area contributed by atoms with Gasteiger partial charge in [-0.25, -0.2) is 9.61 Å². The fraction of sp³-hybridized carbons (Fsp3) is 0.500. The zero-order chi connectivity index (χ0) is 10.1. The van der Waals surface area contributed by atoms with Crippen molar-refractivity contribution in [1.29, 1.82) is 0 Å². The molecule has 0 amide bonds. The maximum Gasteiger partial charge on any atom is 0.271 e. The van der Waals surface area contributed by atoms with Crippen molar-refractivity contribution >= 4 is 11.3 Å². The van der Waals surface area contributed by atoms with Crippen LogP contribution in [0.4, 0.5) is 0 Å². The van der Waals surface area contributed by atoms with Gasteiger partial charge in [-0.2, -0.15) is 0 Å². The molecule has 1 N–H and O–H groups in total. The highest BCUT2D eigenvalue weighted by atomic mass is 16.6. The molecular formula is C8H10N4O2. The molecule has 0 aliphatic heterocycles. The van der Waals surface area contributed by atoms with Gasteiger partial charge in [-0.1, -0.05) is 13.8 Å². The van der Waals surface area contributed by atoms with Crippen LogP contribution in [-0.4, -0.2) is 20.3 Å². The minimum Gasteiger partial charge on any atom is -0.299 e. The second-order valence-corrected chi connectivity index (χ2v) is 3.55. The molecule has 0 fully saturated rings. The number of H-pyrrole nitrogens is 1. The first kappa shape index (κ1) is 8.86. The van der Waals surface area contributed by atoms with E-state index in [1.54, 1.807) is 0 Å². The molecule has 0 aliphatic rings. The highest BCUT2D eigenvalue weighted by molar-refractivity contribution is 5.61. The Kier molecular flexibility index (Phi) is 2.03. The third kappa shape index (κ3) is 1.50. The lowest BCUT2D eigenvalue weighted by atomic mass is 10.1. The Hall–Kier alpha value is -1.72. The van der Waals surface area contributed by atoms with Crippen LogP contribution in [0.15, 0.2) is 9.42 Å². The van der Waals surface area contributed by atoms with Crippen LogP contribution in [0.2, 0.25) is 0 Å². The average molecular weight is 194 g/mol. The second-order valence-electron chi connectivity index (χ2n) is 3.55. The molecular weight excluding hydrogens is 184 g/mol. The molecule has 0 saturated carbocycles. The van der Waals surface area contributed by atoms with E-state index in [9.17, 15) is 4.79 Å². The summed E-state index contributed by atoms with van der Waals surface area (Å²) in [6, 6.07) is 0. The number of rotatable bonds is 2. The van der Waals surface area contributed by atoms with Crippen molar-refractivity contribution in [1.82, 2.24) is 20.3 Å². The van der Waals surface area contributed by atoms with Crippen LogP contribution in [0.5, 0.6) is 0 Å². The lowest BCUT2D eigenvalue weighted by Gasteiger charge is -2.00. The largest absolute Gasteiger partial charge is 0.299 e. The summed E-state index contributed by atoms with van der Waals surface area (Å²) in [6.07, 6.45) is 0.623. The van der Waals surface area contributed by atoms with E-state index >= 15 is 0 Å². The van der Waals surface area contributed by atoms with Gasteiger partial charge >= 0.3 is 0 Å². The third-order valence-corrected chi connectivity index (χ3v) is 1.81. The molecule has 2 rings (SSSR count). The fourth-order valence-electron chi connectivity index (χ4n) is 1.22. The van der Waals surface area contributed by atoms with Gasteiger partial charge in [0.15, 0.2) is 0 Å². The lowest BCUT2D eigenvalue weighted by Crippen LogP contribution is -2.16. The molecule has 2 heterocycles. The van der Waals surface area contributed by atoms with Crippen LogP contribution in [0.25, 0.3) is 11.3 Å². The summed E-state index contributed by atoms with van der Waals surface area (Å²) in [7, 11) is 0.